The number of nitroso groups, excluding NO2 is 1. The molecule has 0 saturated carbocycles. The van der Waals surface area contributed by atoms with Crippen LogP contribution in [0.25, 0.3) is 0 Å². The molecule has 10 heteroatoms. The molecule has 2 aromatic rings. The molecule has 1 aliphatic heterocycles. The molecule has 0 unspecified atom stereocenters. The summed E-state index contributed by atoms with van der Waals surface area (Å²) < 4.78 is 5.11. The highest BCUT2D eigenvalue weighted by atomic mass is 16.6. The van der Waals surface area contributed by atoms with Crippen LogP contribution in [0.5, 0.6) is 0 Å². The lowest BCUT2D eigenvalue weighted by Gasteiger charge is -2.32. The normalized spacial score (nSPS) is 13.2. The topological polar surface area (TPSA) is 105 Å². The highest BCUT2D eigenvalue weighted by Crippen LogP contribution is 2.42. The third kappa shape index (κ3) is 3.97. The molecule has 0 N–H and O–H groups in total. The molecule has 148 valence electrons. The van der Waals surface area contributed by atoms with Gasteiger partial charge in [-0.3, -0.25) is 14.9 Å². The number of carbonyl (C=O) groups excluding carboxylic acids is 1. The molecule has 29 heavy (non-hydrogen) atoms. The van der Waals surface area contributed by atoms with Crippen LogP contribution in [0.3, 0.4) is 0 Å². The molecule has 0 atom stereocenters. The third-order valence-corrected chi connectivity index (χ3v) is 4.93. The Morgan fingerprint density at radius 1 is 1.31 bits per heavy atom. The molecule has 0 fully saturated rings. The highest BCUT2D eigenvalue weighted by Gasteiger charge is 2.28. The number of nitro benzene ring substituents is 1. The van der Waals surface area contributed by atoms with Crippen LogP contribution in [0.2, 0.25) is 0 Å². The predicted octanol–water partition coefficient (Wildman–Crippen LogP) is 2.59. The zero-order valence-electron chi connectivity index (χ0n) is 16.1. The minimum atomic E-state index is -0.549. The fraction of sp³-hybridized carbons (Fsp3) is 0.316. The van der Waals surface area contributed by atoms with E-state index in [2.05, 4.69) is 5.18 Å². The quantitative estimate of drug-likeness (QED) is 0.308. The van der Waals surface area contributed by atoms with Gasteiger partial charge in [0.1, 0.15) is 19.2 Å². The van der Waals surface area contributed by atoms with Gasteiger partial charge < -0.3 is 14.5 Å². The molecule has 0 saturated heterocycles. The van der Waals surface area contributed by atoms with E-state index in [0.29, 0.717) is 43.1 Å². The number of rotatable bonds is 7. The van der Waals surface area contributed by atoms with E-state index in [1.807, 2.05) is 4.90 Å². The average molecular weight is 394 g/mol. The fourth-order valence-electron chi connectivity index (χ4n) is 3.42. The van der Waals surface area contributed by atoms with Crippen molar-refractivity contribution in [3.05, 3.63) is 50.9 Å². The molecule has 0 bridgehead atoms. The van der Waals surface area contributed by atoms with Crippen LogP contribution in [-0.2, 0) is 4.74 Å². The number of hydrogen-bond acceptors (Lipinski definition) is 8. The van der Waals surface area contributed by atoms with Gasteiger partial charge in [-0.2, -0.15) is 0 Å². The first-order chi connectivity index (χ1) is 13.9. The van der Waals surface area contributed by atoms with Gasteiger partial charge in [0.2, 0.25) is 0 Å². The predicted molar refractivity (Wildman–Crippen MR) is 111 cm³/mol. The van der Waals surface area contributed by atoms with E-state index < -0.39 is 4.92 Å². The molecule has 1 heterocycles. The Bertz CT molecular complexity index is 981. The van der Waals surface area contributed by atoms with E-state index in [1.54, 1.807) is 26.3 Å². The summed E-state index contributed by atoms with van der Waals surface area (Å²) >= 11 is 0. The minimum absolute atomic E-state index is 0.0624. The van der Waals surface area contributed by atoms with Gasteiger partial charge in [-0.1, -0.05) is 11.5 Å². The van der Waals surface area contributed by atoms with Gasteiger partial charge in [0.15, 0.2) is 5.78 Å². The Hall–Kier alpha value is -3.27. The number of nitro groups is 1. The van der Waals surface area contributed by atoms with Crippen LogP contribution in [0, 0.1) is 15.0 Å². The number of methoxy groups -OCH3 is 1. The van der Waals surface area contributed by atoms with Gasteiger partial charge in [-0.15, -0.1) is 4.91 Å². The maximum Gasteiger partial charge on any atom is 0.292 e. The van der Waals surface area contributed by atoms with Crippen molar-refractivity contribution in [3.8, 4) is 0 Å². The zero-order chi connectivity index (χ0) is 21.1. The Labute approximate surface area is 168 Å². The maximum absolute atomic E-state index is 12.5. The molecule has 2 aromatic carbocycles. The molecule has 0 aliphatic carbocycles. The smallest absolute Gasteiger partial charge is 0.292 e. The van der Waals surface area contributed by atoms with Crippen LogP contribution >= 0.6 is 0 Å². The maximum atomic E-state index is 12.5. The largest absolute Gasteiger partial charge is 0.383 e. The number of nitrogens with zero attached hydrogens (tertiary/aromatic N) is 4. The highest BCUT2D eigenvalue weighted by molar-refractivity contribution is 6.32. The van der Waals surface area contributed by atoms with Crippen molar-refractivity contribution in [2.24, 2.45) is 5.18 Å². The van der Waals surface area contributed by atoms with Gasteiger partial charge in [0.25, 0.3) is 5.69 Å². The van der Waals surface area contributed by atoms with E-state index in [1.165, 1.54) is 23.1 Å². The monoisotopic (exact) mass is 394 g/mol. The Morgan fingerprint density at radius 3 is 2.72 bits per heavy atom. The number of ketones is 1. The molecule has 0 aromatic heterocycles. The average Bonchev–Trinajstić information content (AvgIpc) is 2.72. The van der Waals surface area contributed by atoms with Crippen LogP contribution in [-0.4, -0.2) is 52.4 Å². The Kier molecular flexibility index (Phi) is 5.93. The summed E-state index contributed by atoms with van der Waals surface area (Å²) in [6, 6.07) is 7.38. The van der Waals surface area contributed by atoms with Crippen LogP contribution in [0.15, 0.2) is 35.5 Å². The number of carbonyl (C=O) groups is 1. The van der Waals surface area contributed by atoms with Crippen LogP contribution in [0.4, 0.5) is 28.4 Å². The number of ether oxygens (including phenoxy) is 1. The lowest BCUT2D eigenvalue weighted by molar-refractivity contribution is -0.384. The second-order valence-corrected chi connectivity index (χ2v) is 6.67. The van der Waals surface area contributed by atoms with E-state index in [-0.39, 0.29) is 28.3 Å². The van der Waals surface area contributed by atoms with E-state index >= 15 is 0 Å². The number of Topliss-reactive ketones (excluding diaryl/α,β-unsaturated/α-hetero) is 1. The Balaban J connectivity index is 2.11. The summed E-state index contributed by atoms with van der Waals surface area (Å²) in [6.07, 6.45) is 0.329. The van der Waals surface area contributed by atoms with Crippen molar-refractivity contribution in [2.45, 2.75) is 6.42 Å². The van der Waals surface area contributed by atoms with Crippen LogP contribution in [0.1, 0.15) is 16.8 Å². The first kappa shape index (κ1) is 20.5. The van der Waals surface area contributed by atoms with Gasteiger partial charge in [0, 0.05) is 45.3 Å². The van der Waals surface area contributed by atoms with Gasteiger partial charge in [-0.05, 0) is 23.4 Å². The molecule has 1 aliphatic rings. The minimum Gasteiger partial charge on any atom is -0.383 e. The summed E-state index contributed by atoms with van der Waals surface area (Å²) in [5, 5.41) is 14.6. The van der Waals surface area contributed by atoms with Gasteiger partial charge >= 0.3 is 0 Å². The van der Waals surface area contributed by atoms with E-state index in [9.17, 15) is 19.8 Å². The number of anilines is 3. The summed E-state index contributed by atoms with van der Waals surface area (Å²) in [5.41, 5.74) is 1.69. The lowest BCUT2D eigenvalue weighted by Crippen LogP contribution is -2.34. The summed E-state index contributed by atoms with van der Waals surface area (Å²) in [5.74, 6) is -0.0624. The second-order valence-electron chi connectivity index (χ2n) is 6.67. The second kappa shape index (κ2) is 8.40. The molecule has 0 amide bonds. The van der Waals surface area contributed by atoms with Crippen LogP contribution < -0.4 is 15.3 Å². The van der Waals surface area contributed by atoms with Crippen molar-refractivity contribution >= 4 is 47.5 Å². The SMILES string of the molecule is [B]c1ccc(N(C)c2cc3c(cc2N=O)N(CCOC)CCC3=O)c([N+](=O)[O-])c1. The third-order valence-electron chi connectivity index (χ3n) is 4.93. The van der Waals surface area contributed by atoms with Crippen molar-refractivity contribution in [1.82, 2.24) is 0 Å². The molecule has 3 rings (SSSR count). The summed E-state index contributed by atoms with van der Waals surface area (Å²) in [7, 11) is 8.84. The summed E-state index contributed by atoms with van der Waals surface area (Å²) in [4.78, 5) is 38.4. The molecule has 9 nitrogen and oxygen atoms in total. The molecule has 0 spiro atoms. The van der Waals surface area contributed by atoms with Crippen molar-refractivity contribution in [1.29, 1.82) is 0 Å². The standard InChI is InChI=1S/C19H19BN4O5/c1-22(15-4-3-12(20)9-18(15)24(27)28)17-10-13-16(11-14(17)21-26)23(7-8-29-2)6-5-19(13)25/h3-4,9-11H,5-8H2,1-2H3. The van der Waals surface area contributed by atoms with Gasteiger partial charge in [-0.25, -0.2) is 0 Å². The number of hydrogen-bond donors (Lipinski definition) is 0. The fourth-order valence-corrected chi connectivity index (χ4v) is 3.42. The zero-order valence-corrected chi connectivity index (χ0v) is 16.1. The van der Waals surface area contributed by atoms with Gasteiger partial charge in [0.05, 0.1) is 22.9 Å². The lowest BCUT2D eigenvalue weighted by atomic mass is 9.95. The van der Waals surface area contributed by atoms with Crippen molar-refractivity contribution in [3.63, 3.8) is 0 Å². The number of fused-ring (bicyclic) bond motifs is 1. The van der Waals surface area contributed by atoms with Crippen molar-refractivity contribution < 1.29 is 14.5 Å². The summed E-state index contributed by atoms with van der Waals surface area (Å²) in [6.45, 7) is 1.55. The van der Waals surface area contributed by atoms with E-state index in [4.69, 9.17) is 12.6 Å². The van der Waals surface area contributed by atoms with Crippen molar-refractivity contribution in [2.75, 3.05) is 43.7 Å². The Morgan fingerprint density at radius 2 is 2.07 bits per heavy atom. The first-order valence-corrected chi connectivity index (χ1v) is 8.93. The van der Waals surface area contributed by atoms with E-state index in [0.717, 1.165) is 0 Å². The molecular formula is C19H19BN4O5. The molecule has 2 radical (unpaired) electrons. The number of benzene rings is 2. The molecular weight excluding hydrogens is 375 g/mol. The first-order valence-electron chi connectivity index (χ1n) is 8.93.